The van der Waals surface area contributed by atoms with Crippen LogP contribution in [-0.4, -0.2) is 43.0 Å². The van der Waals surface area contributed by atoms with Crippen LogP contribution in [0.1, 0.15) is 27.9 Å². The van der Waals surface area contributed by atoms with Gasteiger partial charge in [0.15, 0.2) is 5.13 Å². The van der Waals surface area contributed by atoms with E-state index in [0.29, 0.717) is 12.1 Å². The number of fused-ring (bicyclic) bond motifs is 1. The van der Waals surface area contributed by atoms with Gasteiger partial charge >= 0.3 is 0 Å². The largest absolute Gasteiger partial charge is 0.309 e. The quantitative estimate of drug-likeness (QED) is 0.585. The number of benzene rings is 2. The van der Waals surface area contributed by atoms with E-state index in [9.17, 15) is 4.79 Å². The summed E-state index contributed by atoms with van der Waals surface area (Å²) in [6, 6.07) is 13.9. The summed E-state index contributed by atoms with van der Waals surface area (Å²) in [7, 11) is 4.10. The summed E-state index contributed by atoms with van der Waals surface area (Å²) in [5.74, 6) is 0.0177. The van der Waals surface area contributed by atoms with E-state index in [2.05, 4.69) is 24.0 Å². The fraction of sp³-hybridized carbons (Fsp3) is 0.333. The maximum atomic E-state index is 13.2. The summed E-state index contributed by atoms with van der Waals surface area (Å²) >= 11 is 1.59. The molecule has 0 N–H and O–H groups in total. The first-order valence-corrected chi connectivity index (χ1v) is 9.67. The third-order valence-corrected chi connectivity index (χ3v) is 5.38. The third-order valence-electron chi connectivity index (χ3n) is 4.34. The summed E-state index contributed by atoms with van der Waals surface area (Å²) in [5, 5.41) is 0.777. The molecule has 144 valence electrons. The van der Waals surface area contributed by atoms with Gasteiger partial charge in [0.25, 0.3) is 5.91 Å². The van der Waals surface area contributed by atoms with Crippen LogP contribution >= 0.6 is 23.7 Å². The number of thiazole rings is 1. The molecule has 1 aromatic heterocycles. The van der Waals surface area contributed by atoms with E-state index in [1.807, 2.05) is 56.3 Å². The maximum Gasteiger partial charge on any atom is 0.260 e. The number of nitrogens with zero attached hydrogens (tertiary/aromatic N) is 3. The van der Waals surface area contributed by atoms with Crippen molar-refractivity contribution in [2.45, 2.75) is 20.3 Å². The molecule has 6 heteroatoms. The minimum absolute atomic E-state index is 0. The van der Waals surface area contributed by atoms with Crippen molar-refractivity contribution in [2.24, 2.45) is 0 Å². The molecule has 1 heterocycles. The maximum absolute atomic E-state index is 13.2. The van der Waals surface area contributed by atoms with Crippen molar-refractivity contribution in [3.8, 4) is 0 Å². The number of anilines is 1. The summed E-state index contributed by atoms with van der Waals surface area (Å²) in [6.45, 7) is 5.66. The van der Waals surface area contributed by atoms with Crippen LogP contribution in [0.4, 0.5) is 5.13 Å². The summed E-state index contributed by atoms with van der Waals surface area (Å²) in [5.41, 5.74) is 3.93. The van der Waals surface area contributed by atoms with Crippen LogP contribution in [0.3, 0.4) is 0 Å². The number of carbonyl (C=O) groups excluding carboxylic acids is 1. The van der Waals surface area contributed by atoms with Crippen molar-refractivity contribution >= 4 is 45.0 Å². The highest BCUT2D eigenvalue weighted by Gasteiger charge is 2.21. The lowest BCUT2D eigenvalue weighted by Crippen LogP contribution is -2.33. The van der Waals surface area contributed by atoms with Crippen LogP contribution in [0.5, 0.6) is 0 Å². The number of hydrogen-bond acceptors (Lipinski definition) is 4. The zero-order chi connectivity index (χ0) is 18.7. The fourth-order valence-electron chi connectivity index (χ4n) is 2.95. The predicted molar refractivity (Wildman–Crippen MR) is 118 cm³/mol. The number of rotatable bonds is 6. The van der Waals surface area contributed by atoms with Crippen LogP contribution < -0.4 is 4.90 Å². The van der Waals surface area contributed by atoms with Crippen LogP contribution in [0, 0.1) is 13.8 Å². The monoisotopic (exact) mass is 403 g/mol. The third kappa shape index (κ3) is 5.06. The van der Waals surface area contributed by atoms with E-state index in [1.54, 1.807) is 11.3 Å². The second kappa shape index (κ2) is 9.31. The highest BCUT2D eigenvalue weighted by molar-refractivity contribution is 7.22. The summed E-state index contributed by atoms with van der Waals surface area (Å²) in [4.78, 5) is 22.0. The predicted octanol–water partition coefficient (Wildman–Crippen LogP) is 4.93. The number of aryl methyl sites for hydroxylation is 2. The molecular weight excluding hydrogens is 378 g/mol. The van der Waals surface area contributed by atoms with Crippen molar-refractivity contribution in [3.63, 3.8) is 0 Å². The Morgan fingerprint density at radius 3 is 2.48 bits per heavy atom. The highest BCUT2D eigenvalue weighted by Crippen LogP contribution is 2.31. The van der Waals surface area contributed by atoms with E-state index in [1.165, 1.54) is 0 Å². The number of halogens is 1. The minimum atomic E-state index is 0. The Kier molecular flexibility index (Phi) is 7.36. The van der Waals surface area contributed by atoms with Gasteiger partial charge in [-0.1, -0.05) is 41.2 Å². The van der Waals surface area contributed by atoms with Gasteiger partial charge in [-0.15, -0.1) is 12.4 Å². The molecule has 1 amide bonds. The van der Waals surface area contributed by atoms with Crippen molar-refractivity contribution in [1.82, 2.24) is 9.88 Å². The Labute approximate surface area is 171 Å². The topological polar surface area (TPSA) is 36.4 Å². The Morgan fingerprint density at radius 2 is 1.81 bits per heavy atom. The van der Waals surface area contributed by atoms with Gasteiger partial charge in [-0.2, -0.15) is 0 Å². The molecule has 0 fully saturated rings. The molecule has 0 atom stereocenters. The molecular formula is C21H26ClN3OS. The molecule has 0 aliphatic rings. The Hall–Kier alpha value is -1.95. The van der Waals surface area contributed by atoms with Crippen molar-refractivity contribution < 1.29 is 4.79 Å². The standard InChI is InChI=1S/C21H25N3OS.ClH/c1-15-8-5-10-17(14-15)20(25)24(13-7-12-23(3)4)21-22-19-16(2)9-6-11-18(19)26-21;/h5-6,8-11,14H,7,12-13H2,1-4H3;1H. The van der Waals surface area contributed by atoms with Gasteiger partial charge in [-0.3, -0.25) is 9.69 Å². The first kappa shape index (κ1) is 21.4. The van der Waals surface area contributed by atoms with E-state index < -0.39 is 0 Å². The lowest BCUT2D eigenvalue weighted by molar-refractivity contribution is 0.0986. The van der Waals surface area contributed by atoms with Crippen LogP contribution in [0.2, 0.25) is 0 Å². The SMILES string of the molecule is Cc1cccc(C(=O)N(CCCN(C)C)c2nc3c(C)cccc3s2)c1.Cl. The molecule has 0 bridgehead atoms. The van der Waals surface area contributed by atoms with Crippen molar-refractivity contribution in [1.29, 1.82) is 0 Å². The highest BCUT2D eigenvalue weighted by atomic mass is 35.5. The Morgan fingerprint density at radius 1 is 1.07 bits per heavy atom. The lowest BCUT2D eigenvalue weighted by atomic mass is 10.1. The number of amides is 1. The minimum Gasteiger partial charge on any atom is -0.309 e. The molecule has 0 saturated carbocycles. The molecule has 2 aromatic carbocycles. The molecule has 27 heavy (non-hydrogen) atoms. The lowest BCUT2D eigenvalue weighted by Gasteiger charge is -2.21. The average Bonchev–Trinajstić information content (AvgIpc) is 3.03. The van der Waals surface area contributed by atoms with Crippen LogP contribution in [0.15, 0.2) is 42.5 Å². The molecule has 4 nitrogen and oxygen atoms in total. The molecule has 0 spiro atoms. The molecule has 3 rings (SSSR count). The van der Waals surface area contributed by atoms with Gasteiger partial charge in [-0.05, 0) is 64.7 Å². The summed E-state index contributed by atoms with van der Waals surface area (Å²) < 4.78 is 1.12. The van der Waals surface area contributed by atoms with Crippen molar-refractivity contribution in [2.75, 3.05) is 32.1 Å². The van der Waals surface area contributed by atoms with Gasteiger partial charge in [0, 0.05) is 12.1 Å². The van der Waals surface area contributed by atoms with Crippen LogP contribution in [-0.2, 0) is 0 Å². The van der Waals surface area contributed by atoms with Gasteiger partial charge < -0.3 is 4.90 Å². The number of aromatic nitrogens is 1. The molecule has 0 unspecified atom stereocenters. The average molecular weight is 404 g/mol. The van der Waals surface area contributed by atoms with Crippen molar-refractivity contribution in [3.05, 3.63) is 59.2 Å². The molecule has 0 aliphatic carbocycles. The molecule has 0 saturated heterocycles. The van der Waals surface area contributed by atoms with E-state index in [0.717, 1.165) is 39.4 Å². The van der Waals surface area contributed by atoms with Gasteiger partial charge in [-0.25, -0.2) is 4.98 Å². The second-order valence-electron chi connectivity index (χ2n) is 6.90. The smallest absolute Gasteiger partial charge is 0.260 e. The van der Waals surface area contributed by atoms with E-state index in [-0.39, 0.29) is 18.3 Å². The van der Waals surface area contributed by atoms with Gasteiger partial charge in [0.2, 0.25) is 0 Å². The van der Waals surface area contributed by atoms with Gasteiger partial charge in [0.05, 0.1) is 10.2 Å². The molecule has 3 aromatic rings. The Bertz CT molecular complexity index is 923. The van der Waals surface area contributed by atoms with E-state index >= 15 is 0 Å². The van der Waals surface area contributed by atoms with Crippen LogP contribution in [0.25, 0.3) is 10.2 Å². The Balaban J connectivity index is 0.00000261. The molecule has 0 aliphatic heterocycles. The van der Waals surface area contributed by atoms with E-state index in [4.69, 9.17) is 4.98 Å². The number of hydrogen-bond donors (Lipinski definition) is 0. The van der Waals surface area contributed by atoms with Gasteiger partial charge in [0.1, 0.15) is 0 Å². The normalized spacial score (nSPS) is 10.9. The summed E-state index contributed by atoms with van der Waals surface area (Å²) in [6.07, 6.45) is 0.902. The second-order valence-corrected chi connectivity index (χ2v) is 7.91. The number of carbonyl (C=O) groups is 1. The number of para-hydroxylation sites is 1. The first-order chi connectivity index (χ1) is 12.5. The first-order valence-electron chi connectivity index (χ1n) is 8.85. The fourth-order valence-corrected chi connectivity index (χ4v) is 4.02. The molecule has 0 radical (unpaired) electrons. The zero-order valence-corrected chi connectivity index (χ0v) is 17.9. The zero-order valence-electron chi connectivity index (χ0n) is 16.2.